The first-order valence-electron chi connectivity index (χ1n) is 6.19. The molecule has 0 saturated carbocycles. The van der Waals surface area contributed by atoms with E-state index in [1.54, 1.807) is 0 Å². The van der Waals surface area contributed by atoms with Crippen molar-refractivity contribution in [3.63, 3.8) is 0 Å². The first kappa shape index (κ1) is 17.2. The highest BCUT2D eigenvalue weighted by atomic mass is 32.2. The lowest BCUT2D eigenvalue weighted by molar-refractivity contribution is -0.144. The van der Waals surface area contributed by atoms with Crippen LogP contribution in [-0.4, -0.2) is 69.1 Å². The molecule has 1 aliphatic heterocycles. The molecule has 10 heteroatoms. The van der Waals surface area contributed by atoms with Crippen molar-refractivity contribution >= 4 is 35.5 Å². The summed E-state index contributed by atoms with van der Waals surface area (Å²) in [4.78, 5) is 46.4. The molecule has 0 aromatic rings. The molecule has 9 nitrogen and oxygen atoms in total. The van der Waals surface area contributed by atoms with E-state index in [-0.39, 0.29) is 19.4 Å². The predicted octanol–water partition coefficient (Wildman–Crippen LogP) is -1.72. The molecule has 1 heterocycles. The molecule has 2 atom stereocenters. The summed E-state index contributed by atoms with van der Waals surface area (Å²) in [7, 11) is 0. The van der Waals surface area contributed by atoms with Crippen molar-refractivity contribution in [3.8, 4) is 0 Å². The van der Waals surface area contributed by atoms with E-state index in [1.165, 1.54) is 16.7 Å². The van der Waals surface area contributed by atoms with Crippen molar-refractivity contribution in [2.45, 2.75) is 24.9 Å². The number of carboxylic acids is 2. The predicted molar refractivity (Wildman–Crippen MR) is 73.4 cm³/mol. The molecule has 118 valence electrons. The molecular formula is C11H17N3O6S. The molecule has 0 aromatic heterocycles. The third-order valence-corrected chi connectivity index (χ3v) is 3.95. The summed E-state index contributed by atoms with van der Waals surface area (Å²) in [6, 6.07) is -2.08. The topological polar surface area (TPSA) is 150 Å². The van der Waals surface area contributed by atoms with Gasteiger partial charge in [0.15, 0.2) is 0 Å². The maximum atomic E-state index is 12.1. The molecule has 0 bridgehead atoms. The second kappa shape index (κ2) is 7.84. The summed E-state index contributed by atoms with van der Waals surface area (Å²) in [5.41, 5.74) is 5.25. The van der Waals surface area contributed by atoms with Crippen LogP contribution >= 0.6 is 11.8 Å². The number of carbonyl (C=O) groups excluding carboxylic acids is 2. The van der Waals surface area contributed by atoms with Crippen LogP contribution in [-0.2, 0) is 19.2 Å². The van der Waals surface area contributed by atoms with Gasteiger partial charge in [0.2, 0.25) is 11.8 Å². The number of nitrogens with zero attached hydrogens (tertiary/aromatic N) is 1. The van der Waals surface area contributed by atoms with Crippen molar-refractivity contribution in [3.05, 3.63) is 0 Å². The van der Waals surface area contributed by atoms with Crippen LogP contribution in [0.1, 0.15) is 12.8 Å². The summed E-state index contributed by atoms with van der Waals surface area (Å²) in [6.45, 7) is -0.230. The minimum atomic E-state index is -1.31. The van der Waals surface area contributed by atoms with Crippen molar-refractivity contribution in [2.75, 3.05) is 18.2 Å². The van der Waals surface area contributed by atoms with Crippen molar-refractivity contribution < 1.29 is 29.4 Å². The van der Waals surface area contributed by atoms with Crippen LogP contribution in [0.5, 0.6) is 0 Å². The maximum Gasteiger partial charge on any atom is 0.326 e. The van der Waals surface area contributed by atoms with Gasteiger partial charge in [-0.15, -0.1) is 11.8 Å². The number of rotatable bonds is 7. The summed E-state index contributed by atoms with van der Waals surface area (Å²) < 4.78 is 0. The molecular weight excluding hydrogens is 302 g/mol. The van der Waals surface area contributed by atoms with Crippen LogP contribution in [0.15, 0.2) is 0 Å². The number of thioether (sulfide) groups is 1. The highest BCUT2D eigenvalue weighted by Crippen LogP contribution is 2.21. The van der Waals surface area contributed by atoms with Crippen LogP contribution in [0.4, 0.5) is 0 Å². The van der Waals surface area contributed by atoms with E-state index in [4.69, 9.17) is 15.9 Å². The second-order valence-corrected chi connectivity index (χ2v) is 5.41. The van der Waals surface area contributed by atoms with Crippen LogP contribution < -0.4 is 11.1 Å². The normalized spacial score (nSPS) is 19.1. The van der Waals surface area contributed by atoms with E-state index in [0.29, 0.717) is 11.6 Å². The smallest absolute Gasteiger partial charge is 0.326 e. The molecule has 1 saturated heterocycles. The molecule has 0 aliphatic carbocycles. The number of carboxylic acid groups (broad SMARTS) is 2. The van der Waals surface area contributed by atoms with Gasteiger partial charge in [-0.25, -0.2) is 4.79 Å². The van der Waals surface area contributed by atoms with Gasteiger partial charge in [0, 0.05) is 12.2 Å². The van der Waals surface area contributed by atoms with Gasteiger partial charge in [-0.1, -0.05) is 0 Å². The fourth-order valence-electron chi connectivity index (χ4n) is 1.82. The molecule has 5 N–H and O–H groups in total. The lowest BCUT2D eigenvalue weighted by Crippen LogP contribution is -2.52. The number of carbonyl (C=O) groups is 4. The average molecular weight is 319 g/mol. The van der Waals surface area contributed by atoms with Gasteiger partial charge in [-0.2, -0.15) is 0 Å². The summed E-state index contributed by atoms with van der Waals surface area (Å²) in [5, 5.41) is 19.8. The fourth-order valence-corrected chi connectivity index (χ4v) is 3.00. The maximum absolute atomic E-state index is 12.1. The van der Waals surface area contributed by atoms with Crippen LogP contribution in [0, 0.1) is 0 Å². The van der Waals surface area contributed by atoms with Gasteiger partial charge in [-0.05, 0) is 6.42 Å². The Kier molecular flexibility index (Phi) is 6.43. The highest BCUT2D eigenvalue weighted by Gasteiger charge is 2.35. The zero-order valence-electron chi connectivity index (χ0n) is 11.2. The van der Waals surface area contributed by atoms with E-state index in [2.05, 4.69) is 5.32 Å². The van der Waals surface area contributed by atoms with E-state index in [0.717, 1.165) is 0 Å². The lowest BCUT2D eigenvalue weighted by Gasteiger charge is -2.24. The molecule has 0 radical (unpaired) electrons. The number of nitrogens with one attached hydrogen (secondary N) is 1. The summed E-state index contributed by atoms with van der Waals surface area (Å²) in [6.07, 6.45) is -0.594. The first-order chi connectivity index (χ1) is 9.86. The SMILES string of the molecule is NCC(=O)N1CSC[C@H]1C(=O)N[C@@H](CCC(=O)O)C(=O)O. The third-order valence-electron chi connectivity index (χ3n) is 2.94. The van der Waals surface area contributed by atoms with Crippen LogP contribution in [0.25, 0.3) is 0 Å². The second-order valence-electron chi connectivity index (χ2n) is 4.42. The monoisotopic (exact) mass is 319 g/mol. The number of nitrogens with two attached hydrogens (primary N) is 1. The number of hydrogen-bond acceptors (Lipinski definition) is 6. The molecule has 2 amide bonds. The summed E-state index contributed by atoms with van der Waals surface area (Å²) >= 11 is 1.36. The zero-order chi connectivity index (χ0) is 16.0. The zero-order valence-corrected chi connectivity index (χ0v) is 12.0. The summed E-state index contributed by atoms with van der Waals surface area (Å²) in [5.74, 6) is -2.79. The average Bonchev–Trinajstić information content (AvgIpc) is 2.91. The molecule has 0 spiro atoms. The Morgan fingerprint density at radius 2 is 2.00 bits per heavy atom. The van der Waals surface area contributed by atoms with Crippen molar-refractivity contribution in [2.24, 2.45) is 5.73 Å². The molecule has 0 unspecified atom stereocenters. The van der Waals surface area contributed by atoms with Gasteiger partial charge >= 0.3 is 11.9 Å². The van der Waals surface area contributed by atoms with Gasteiger partial charge < -0.3 is 26.2 Å². The van der Waals surface area contributed by atoms with Gasteiger partial charge in [0.1, 0.15) is 12.1 Å². The first-order valence-corrected chi connectivity index (χ1v) is 7.34. The van der Waals surface area contributed by atoms with Crippen molar-refractivity contribution in [1.82, 2.24) is 10.2 Å². The quantitative estimate of drug-likeness (QED) is 0.433. The Morgan fingerprint density at radius 3 is 2.52 bits per heavy atom. The van der Waals surface area contributed by atoms with E-state index in [1.807, 2.05) is 0 Å². The highest BCUT2D eigenvalue weighted by molar-refractivity contribution is 7.99. The third kappa shape index (κ3) is 4.90. The number of amides is 2. The number of aliphatic carboxylic acids is 2. The van der Waals surface area contributed by atoms with Crippen LogP contribution in [0.3, 0.4) is 0 Å². The van der Waals surface area contributed by atoms with E-state index < -0.39 is 35.8 Å². The Balaban J connectivity index is 2.66. The lowest BCUT2D eigenvalue weighted by atomic mass is 10.1. The van der Waals surface area contributed by atoms with Crippen molar-refractivity contribution in [1.29, 1.82) is 0 Å². The van der Waals surface area contributed by atoms with E-state index in [9.17, 15) is 19.2 Å². The standard InChI is InChI=1S/C11H17N3O6S/c12-3-8(15)14-5-21-4-7(14)10(18)13-6(11(19)20)1-2-9(16)17/h6-7H,1-5,12H2,(H,13,18)(H,16,17)(H,19,20)/t6-,7-/m0/s1. The number of hydrogen-bond donors (Lipinski definition) is 4. The molecule has 1 fully saturated rings. The fraction of sp³-hybridized carbons (Fsp3) is 0.636. The molecule has 1 rings (SSSR count). The van der Waals surface area contributed by atoms with E-state index >= 15 is 0 Å². The van der Waals surface area contributed by atoms with Gasteiger partial charge in [0.05, 0.1) is 12.4 Å². The van der Waals surface area contributed by atoms with Gasteiger partial charge in [0.25, 0.3) is 0 Å². The minimum absolute atomic E-state index is 0.221. The van der Waals surface area contributed by atoms with Crippen LogP contribution in [0.2, 0.25) is 0 Å². The van der Waals surface area contributed by atoms with Gasteiger partial charge in [-0.3, -0.25) is 14.4 Å². The molecule has 0 aromatic carbocycles. The largest absolute Gasteiger partial charge is 0.481 e. The Labute approximate surface area is 124 Å². The Hall–Kier alpha value is -1.81. The minimum Gasteiger partial charge on any atom is -0.481 e. The molecule has 1 aliphatic rings. The Morgan fingerprint density at radius 1 is 1.33 bits per heavy atom. The Bertz CT molecular complexity index is 444. The molecule has 21 heavy (non-hydrogen) atoms.